The summed E-state index contributed by atoms with van der Waals surface area (Å²) in [4.78, 5) is 38.4. The van der Waals surface area contributed by atoms with Gasteiger partial charge in [0.2, 0.25) is 5.91 Å². The Hall–Kier alpha value is -4.07. The van der Waals surface area contributed by atoms with Crippen LogP contribution in [0.25, 0.3) is 0 Å². The van der Waals surface area contributed by atoms with E-state index in [1.165, 1.54) is 29.2 Å². The first kappa shape index (κ1) is 26.5. The molecule has 9 nitrogen and oxygen atoms in total. The molecule has 2 aliphatic rings. The number of benzene rings is 3. The SMILES string of the molecule is C[C@@H](O)[C@H]1C(=O)N2C(C(=O)OCc3ccc([N+](=O)[O-])cc3)=C(OP(c3ccccc3)c3ccccc3)[C@H](C)[C@@H]12. The third-order valence-corrected chi connectivity index (χ3v) is 8.90. The Morgan fingerprint density at radius 3 is 2.10 bits per heavy atom. The van der Waals surface area contributed by atoms with Crippen molar-refractivity contribution in [3.63, 3.8) is 0 Å². The lowest BCUT2D eigenvalue weighted by molar-refractivity contribution is -0.384. The Morgan fingerprint density at radius 1 is 1.03 bits per heavy atom. The van der Waals surface area contributed by atoms with E-state index in [0.717, 1.165) is 10.6 Å². The van der Waals surface area contributed by atoms with E-state index in [9.17, 15) is 24.8 Å². The van der Waals surface area contributed by atoms with E-state index >= 15 is 0 Å². The number of nitro benzene ring substituents is 1. The van der Waals surface area contributed by atoms with E-state index in [1.807, 2.05) is 67.6 Å². The Morgan fingerprint density at radius 2 is 1.59 bits per heavy atom. The lowest BCUT2D eigenvalue weighted by Crippen LogP contribution is -2.63. The van der Waals surface area contributed by atoms with Gasteiger partial charge in [-0.15, -0.1) is 0 Å². The van der Waals surface area contributed by atoms with Gasteiger partial charge in [0.25, 0.3) is 5.69 Å². The maximum absolute atomic E-state index is 13.5. The number of hydrogen-bond donors (Lipinski definition) is 1. The predicted octanol–water partition coefficient (Wildman–Crippen LogP) is 3.77. The van der Waals surface area contributed by atoms with Crippen molar-refractivity contribution < 1.29 is 28.9 Å². The highest BCUT2D eigenvalue weighted by atomic mass is 31.1. The van der Waals surface area contributed by atoms with Gasteiger partial charge in [0.05, 0.1) is 23.0 Å². The summed E-state index contributed by atoms with van der Waals surface area (Å²) < 4.78 is 12.3. The van der Waals surface area contributed by atoms with E-state index in [4.69, 9.17) is 9.26 Å². The number of carbonyl (C=O) groups is 2. The van der Waals surface area contributed by atoms with Crippen molar-refractivity contribution in [3.8, 4) is 0 Å². The molecule has 2 aliphatic heterocycles. The highest BCUT2D eigenvalue weighted by Gasteiger charge is 2.61. The molecule has 3 aromatic rings. The number of aliphatic hydroxyl groups excluding tert-OH is 1. The van der Waals surface area contributed by atoms with Gasteiger partial charge >= 0.3 is 5.97 Å². The topological polar surface area (TPSA) is 119 Å². The maximum Gasteiger partial charge on any atom is 0.358 e. The van der Waals surface area contributed by atoms with Crippen LogP contribution in [0.2, 0.25) is 0 Å². The largest absolute Gasteiger partial charge is 0.466 e. The second-order valence-corrected chi connectivity index (χ2v) is 11.3. The second-order valence-electron chi connectivity index (χ2n) is 9.52. The molecule has 0 unspecified atom stereocenters. The zero-order chi connectivity index (χ0) is 27.7. The van der Waals surface area contributed by atoms with Crippen LogP contribution >= 0.6 is 8.15 Å². The van der Waals surface area contributed by atoms with Gasteiger partial charge in [-0.05, 0) is 24.6 Å². The molecule has 0 bridgehead atoms. The number of non-ortho nitro benzene ring substituents is 1. The summed E-state index contributed by atoms with van der Waals surface area (Å²) in [6.45, 7) is 3.31. The minimum atomic E-state index is -1.39. The molecule has 4 atom stereocenters. The van der Waals surface area contributed by atoms with Crippen LogP contribution in [0.1, 0.15) is 19.4 Å². The van der Waals surface area contributed by atoms with E-state index in [0.29, 0.717) is 11.3 Å². The van der Waals surface area contributed by atoms with Crippen molar-refractivity contribution in [3.05, 3.63) is 112 Å². The minimum Gasteiger partial charge on any atom is -0.466 e. The summed E-state index contributed by atoms with van der Waals surface area (Å²) in [5.41, 5.74) is 0.532. The minimum absolute atomic E-state index is 0.0377. The van der Waals surface area contributed by atoms with Crippen LogP contribution < -0.4 is 10.6 Å². The number of amides is 1. The molecule has 39 heavy (non-hydrogen) atoms. The molecule has 1 amide bonds. The predicted molar refractivity (Wildman–Crippen MR) is 145 cm³/mol. The fourth-order valence-electron chi connectivity index (χ4n) is 5.04. The number of ether oxygens (including phenoxy) is 1. The molecule has 0 aromatic heterocycles. The van der Waals surface area contributed by atoms with Crippen molar-refractivity contribution in [1.29, 1.82) is 0 Å². The maximum atomic E-state index is 13.5. The highest BCUT2D eigenvalue weighted by molar-refractivity contribution is 7.68. The quantitative estimate of drug-likeness (QED) is 0.143. The summed E-state index contributed by atoms with van der Waals surface area (Å²) in [5.74, 6) is -1.75. The van der Waals surface area contributed by atoms with Gasteiger partial charge in [-0.25, -0.2) is 4.79 Å². The smallest absolute Gasteiger partial charge is 0.358 e. The second kappa shape index (κ2) is 11.0. The van der Waals surface area contributed by atoms with Crippen LogP contribution in [0.3, 0.4) is 0 Å². The first-order chi connectivity index (χ1) is 18.8. The van der Waals surface area contributed by atoms with E-state index in [2.05, 4.69) is 0 Å². The van der Waals surface area contributed by atoms with Crippen molar-refractivity contribution in [2.45, 2.75) is 32.6 Å². The number of nitro groups is 1. The van der Waals surface area contributed by atoms with Gasteiger partial charge in [-0.3, -0.25) is 19.8 Å². The number of hydrogen-bond acceptors (Lipinski definition) is 7. The number of rotatable bonds is 9. The van der Waals surface area contributed by atoms with Crippen molar-refractivity contribution in [2.75, 3.05) is 0 Å². The summed E-state index contributed by atoms with van der Waals surface area (Å²) in [6, 6.07) is 24.6. The van der Waals surface area contributed by atoms with Crippen LogP contribution in [0.5, 0.6) is 0 Å². The molecule has 0 spiro atoms. The van der Waals surface area contributed by atoms with Gasteiger partial charge in [-0.2, -0.15) is 0 Å². The van der Waals surface area contributed by atoms with Gasteiger partial charge in [-0.1, -0.05) is 67.6 Å². The van der Waals surface area contributed by atoms with Crippen molar-refractivity contribution in [1.82, 2.24) is 4.90 Å². The molecule has 0 aliphatic carbocycles. The van der Waals surface area contributed by atoms with Crippen molar-refractivity contribution >= 4 is 36.3 Å². The monoisotopic (exact) mass is 546 g/mol. The van der Waals surface area contributed by atoms with E-state index in [1.54, 1.807) is 6.92 Å². The summed E-state index contributed by atoms with van der Waals surface area (Å²) in [7, 11) is -1.39. The van der Waals surface area contributed by atoms with E-state index < -0.39 is 37.1 Å². The zero-order valence-corrected chi connectivity index (χ0v) is 22.2. The standard InChI is InChI=1S/C29H27N2O7P/c1-18-25-24(19(2)32)28(33)30(25)26(29(34)37-17-20-13-15-21(16-14-20)31(35)36)27(18)38-39(22-9-5-3-6-10-22)23-11-7-4-8-12-23/h3-16,18-19,24-25,32H,17H2,1-2H3/t18-,19-,24-,25+/m1/s1. The molecule has 3 aromatic carbocycles. The first-order valence-corrected chi connectivity index (χ1v) is 13.8. The van der Waals surface area contributed by atoms with Crippen LogP contribution in [-0.2, 0) is 25.5 Å². The van der Waals surface area contributed by atoms with Crippen LogP contribution in [-0.4, -0.2) is 39.0 Å². The molecule has 200 valence electrons. The van der Waals surface area contributed by atoms with Crippen LogP contribution in [0.4, 0.5) is 5.69 Å². The fraction of sp³-hybridized carbons (Fsp3) is 0.241. The average Bonchev–Trinajstić information content (AvgIpc) is 3.18. The third kappa shape index (κ3) is 5.03. The summed E-state index contributed by atoms with van der Waals surface area (Å²) in [6.07, 6.45) is -0.886. The lowest BCUT2D eigenvalue weighted by Gasteiger charge is -2.46. The molecule has 1 fully saturated rings. The van der Waals surface area contributed by atoms with Gasteiger partial charge in [0.15, 0.2) is 5.70 Å². The lowest BCUT2D eigenvalue weighted by atomic mass is 9.79. The molecule has 1 N–H and O–H groups in total. The molecule has 5 rings (SSSR count). The number of β-lactam (4-membered cyclic amide) rings is 1. The highest BCUT2D eigenvalue weighted by Crippen LogP contribution is 2.51. The van der Waals surface area contributed by atoms with Crippen molar-refractivity contribution in [2.24, 2.45) is 11.8 Å². The van der Waals surface area contributed by atoms with Gasteiger partial charge in [0.1, 0.15) is 20.5 Å². The van der Waals surface area contributed by atoms with E-state index in [-0.39, 0.29) is 29.8 Å². The average molecular weight is 547 g/mol. The molecule has 2 heterocycles. The van der Waals surface area contributed by atoms with Gasteiger partial charge < -0.3 is 14.4 Å². The van der Waals surface area contributed by atoms with Gasteiger partial charge in [0, 0.05) is 28.7 Å². The summed E-state index contributed by atoms with van der Waals surface area (Å²) in [5, 5.41) is 23.1. The number of fused-ring (bicyclic) bond motifs is 1. The Balaban J connectivity index is 1.48. The number of aliphatic hydroxyl groups is 1. The Labute approximate surface area is 226 Å². The summed E-state index contributed by atoms with van der Waals surface area (Å²) >= 11 is 0. The fourth-order valence-corrected chi connectivity index (χ4v) is 6.89. The molecular weight excluding hydrogens is 519 g/mol. The number of esters is 1. The molecular formula is C29H27N2O7P. The first-order valence-electron chi connectivity index (χ1n) is 12.5. The third-order valence-electron chi connectivity index (χ3n) is 6.99. The Kier molecular flexibility index (Phi) is 7.46. The van der Waals surface area contributed by atoms with Crippen LogP contribution in [0, 0.1) is 22.0 Å². The Bertz CT molecular complexity index is 1370. The molecule has 0 radical (unpaired) electrons. The molecule has 10 heteroatoms. The zero-order valence-electron chi connectivity index (χ0n) is 21.3. The van der Waals surface area contributed by atoms with Crippen LogP contribution in [0.15, 0.2) is 96.4 Å². The normalized spacial score (nSPS) is 20.9. The number of nitrogens with zero attached hydrogens (tertiary/aromatic N) is 2. The number of carbonyl (C=O) groups excluding carboxylic acids is 2. The molecule has 1 saturated heterocycles. The molecule has 0 saturated carbocycles.